The van der Waals surface area contributed by atoms with Crippen molar-refractivity contribution < 1.29 is 19.8 Å². The molecule has 4 aromatic carbocycles. The van der Waals surface area contributed by atoms with E-state index >= 15 is 0 Å². The molecule has 4 aromatic rings. The first-order valence-corrected chi connectivity index (χ1v) is 10.8. The number of esters is 1. The van der Waals surface area contributed by atoms with Gasteiger partial charge in [-0.3, -0.25) is 4.79 Å². The summed E-state index contributed by atoms with van der Waals surface area (Å²) in [4.78, 5) is 25.8. The lowest BCUT2D eigenvalue weighted by atomic mass is 9.97. The molecular weight excluding hydrogens is 424 g/mol. The van der Waals surface area contributed by atoms with Crippen molar-refractivity contribution >= 4 is 28.3 Å². The van der Waals surface area contributed by atoms with Gasteiger partial charge in [0, 0.05) is 14.9 Å². The summed E-state index contributed by atoms with van der Waals surface area (Å²) >= 11 is 0. The maximum Gasteiger partial charge on any atom is 0.338 e. The van der Waals surface area contributed by atoms with Crippen molar-refractivity contribution in [3.63, 3.8) is 0 Å². The van der Waals surface area contributed by atoms with E-state index < -0.39 is 30.9 Å². The molecule has 0 fully saturated rings. The highest BCUT2D eigenvalue weighted by molar-refractivity contribution is 5.98. The van der Waals surface area contributed by atoms with Crippen molar-refractivity contribution in [3.05, 3.63) is 113 Å². The van der Waals surface area contributed by atoms with Crippen LogP contribution in [0.4, 0.5) is 5.69 Å². The van der Waals surface area contributed by atoms with Gasteiger partial charge in [0.2, 0.25) is 5.91 Å². The Hall–Kier alpha value is -3.96. The molecule has 1 atom stereocenters. The molecule has 0 saturated carbocycles. The molecule has 0 aliphatic rings. The van der Waals surface area contributed by atoms with Crippen LogP contribution in [0.15, 0.2) is 84.9 Å². The number of hydrogen-bond acceptors (Lipinski definition) is 4. The minimum atomic E-state index is -2.46. The maximum atomic E-state index is 13.2. The molecule has 0 saturated heterocycles. The SMILES string of the molecule is [2H]C([2H])(OC(=O)c1ccc(C)cc1C)c1ccc([C@H](C(=O)Nc2ccc3ccccc3c2)C([2H])([2H])N)cc1. The van der Waals surface area contributed by atoms with E-state index in [1.165, 1.54) is 24.3 Å². The summed E-state index contributed by atoms with van der Waals surface area (Å²) in [5.74, 6) is -2.83. The number of nitrogens with two attached hydrogens (primary N) is 1. The monoisotopic (exact) mass is 456 g/mol. The number of nitrogens with one attached hydrogen (secondary N) is 1. The highest BCUT2D eigenvalue weighted by Gasteiger charge is 2.19. The van der Waals surface area contributed by atoms with E-state index in [4.69, 9.17) is 16.0 Å². The van der Waals surface area contributed by atoms with E-state index in [1.807, 2.05) is 43.3 Å². The highest BCUT2D eigenvalue weighted by atomic mass is 16.5. The van der Waals surface area contributed by atoms with Crippen LogP contribution < -0.4 is 11.1 Å². The van der Waals surface area contributed by atoms with Gasteiger partial charge in [0.05, 0.1) is 14.2 Å². The summed E-state index contributed by atoms with van der Waals surface area (Å²) in [5, 5.41) is 4.65. The zero-order valence-corrected chi connectivity index (χ0v) is 19.0. The molecule has 3 N–H and O–H groups in total. The third-order valence-electron chi connectivity index (χ3n) is 5.55. The number of hydrogen-bond donors (Lipinski definition) is 2. The zero-order chi connectivity index (χ0) is 27.7. The Morgan fingerprint density at radius 2 is 1.68 bits per heavy atom. The smallest absolute Gasteiger partial charge is 0.338 e. The molecule has 5 heteroatoms. The molecule has 0 aromatic heterocycles. The van der Waals surface area contributed by atoms with Gasteiger partial charge in [0.15, 0.2) is 0 Å². The Kier molecular flexibility index (Phi) is 5.60. The predicted molar refractivity (Wildman–Crippen MR) is 136 cm³/mol. The van der Waals surface area contributed by atoms with Gasteiger partial charge in [-0.1, -0.05) is 72.3 Å². The molecule has 0 spiro atoms. The number of aryl methyl sites for hydroxylation is 2. The van der Waals surface area contributed by atoms with Gasteiger partial charge in [0.25, 0.3) is 0 Å². The average molecular weight is 457 g/mol. The largest absolute Gasteiger partial charge is 0.457 e. The number of carbonyl (C=O) groups is 2. The molecule has 0 unspecified atom stereocenters. The molecular formula is C29H28N2O3. The van der Waals surface area contributed by atoms with Gasteiger partial charge >= 0.3 is 5.97 Å². The Morgan fingerprint density at radius 3 is 2.38 bits per heavy atom. The van der Waals surface area contributed by atoms with Crippen molar-refractivity contribution in [2.24, 2.45) is 5.73 Å². The summed E-state index contributed by atoms with van der Waals surface area (Å²) in [6.45, 7) is -1.23. The van der Waals surface area contributed by atoms with Gasteiger partial charge in [-0.15, -0.1) is 0 Å². The lowest BCUT2D eigenvalue weighted by Crippen LogP contribution is -2.27. The molecule has 1 amide bonds. The minimum Gasteiger partial charge on any atom is -0.457 e. The normalized spacial score (nSPS) is 14.3. The number of benzene rings is 4. The van der Waals surface area contributed by atoms with Gasteiger partial charge in [-0.2, -0.15) is 0 Å². The average Bonchev–Trinajstić information content (AvgIpc) is 2.83. The molecule has 0 aliphatic heterocycles. The second-order valence-electron chi connectivity index (χ2n) is 8.08. The molecule has 0 aliphatic carbocycles. The van der Waals surface area contributed by atoms with E-state index in [9.17, 15) is 9.59 Å². The fourth-order valence-corrected chi connectivity index (χ4v) is 3.75. The van der Waals surface area contributed by atoms with Crippen LogP contribution in [-0.2, 0) is 16.1 Å². The minimum absolute atomic E-state index is 0.0330. The number of amides is 1. The van der Waals surface area contributed by atoms with Gasteiger partial charge in [0.1, 0.15) is 6.56 Å². The number of anilines is 1. The van der Waals surface area contributed by atoms with Crippen LogP contribution in [0.25, 0.3) is 10.8 Å². The standard InChI is InChI=1S/C29H28N2O3/c1-19-7-14-26(20(2)15-19)29(33)34-18-21-8-10-23(11-9-21)27(17-30)28(32)31-25-13-12-22-5-3-4-6-24(22)16-25/h3-16,27H,17-18,30H2,1-2H3,(H,31,32)/t27-/m1/s1/i17D2,18D2. The quantitative estimate of drug-likeness (QED) is 0.360. The van der Waals surface area contributed by atoms with E-state index in [0.717, 1.165) is 16.3 Å². The van der Waals surface area contributed by atoms with Crippen LogP contribution in [0.2, 0.25) is 0 Å². The summed E-state index contributed by atoms with van der Waals surface area (Å²) < 4.78 is 38.0. The van der Waals surface area contributed by atoms with Crippen molar-refractivity contribution in [1.29, 1.82) is 0 Å². The van der Waals surface area contributed by atoms with Crippen molar-refractivity contribution in [2.75, 3.05) is 11.8 Å². The molecule has 172 valence electrons. The van der Waals surface area contributed by atoms with Crippen LogP contribution >= 0.6 is 0 Å². The third kappa shape index (κ3) is 5.33. The summed E-state index contributed by atoms with van der Waals surface area (Å²) in [7, 11) is 0. The molecule has 4 rings (SSSR count). The Balaban J connectivity index is 1.54. The predicted octanol–water partition coefficient (Wildman–Crippen LogP) is 5.49. The topological polar surface area (TPSA) is 81.4 Å². The van der Waals surface area contributed by atoms with E-state index in [2.05, 4.69) is 5.32 Å². The van der Waals surface area contributed by atoms with Crippen LogP contribution in [0.5, 0.6) is 0 Å². The van der Waals surface area contributed by atoms with E-state index in [1.54, 1.807) is 31.2 Å². The third-order valence-corrected chi connectivity index (χ3v) is 5.55. The van der Waals surface area contributed by atoms with Crippen LogP contribution in [-0.4, -0.2) is 18.4 Å². The van der Waals surface area contributed by atoms with Gasteiger partial charge < -0.3 is 15.8 Å². The first-order valence-electron chi connectivity index (χ1n) is 12.8. The molecule has 0 bridgehead atoms. The number of fused-ring (bicyclic) bond motifs is 1. The van der Waals surface area contributed by atoms with Crippen molar-refractivity contribution in [3.8, 4) is 0 Å². The van der Waals surface area contributed by atoms with E-state index in [0.29, 0.717) is 11.3 Å². The van der Waals surface area contributed by atoms with Crippen LogP contribution in [0.1, 0.15) is 44.0 Å². The summed E-state index contributed by atoms with van der Waals surface area (Å²) in [6, 6.07) is 23.7. The first kappa shape index (κ1) is 18.5. The lowest BCUT2D eigenvalue weighted by molar-refractivity contribution is -0.117. The zero-order valence-electron chi connectivity index (χ0n) is 23.0. The number of carbonyl (C=O) groups excluding carboxylic acids is 2. The van der Waals surface area contributed by atoms with Crippen LogP contribution in [0.3, 0.4) is 0 Å². The number of ether oxygens (including phenoxy) is 1. The first-order chi connectivity index (χ1) is 17.8. The molecule has 0 radical (unpaired) electrons. The molecule has 34 heavy (non-hydrogen) atoms. The summed E-state index contributed by atoms with van der Waals surface area (Å²) in [5.41, 5.74) is 8.44. The van der Waals surface area contributed by atoms with Crippen molar-refractivity contribution in [1.82, 2.24) is 0 Å². The maximum absolute atomic E-state index is 13.2. The molecule has 5 nitrogen and oxygen atoms in total. The van der Waals surface area contributed by atoms with Crippen LogP contribution in [0, 0.1) is 13.8 Å². The highest BCUT2D eigenvalue weighted by Crippen LogP contribution is 2.22. The van der Waals surface area contributed by atoms with Gasteiger partial charge in [-0.25, -0.2) is 4.79 Å². The van der Waals surface area contributed by atoms with Crippen molar-refractivity contribution in [2.45, 2.75) is 26.3 Å². The Labute approximate surface area is 205 Å². The fourth-order valence-electron chi connectivity index (χ4n) is 3.75. The number of rotatable bonds is 7. The lowest BCUT2D eigenvalue weighted by Gasteiger charge is -2.16. The van der Waals surface area contributed by atoms with E-state index in [-0.39, 0.29) is 16.7 Å². The second kappa shape index (κ2) is 10.3. The Bertz CT molecular complexity index is 1500. The second-order valence-corrected chi connectivity index (χ2v) is 8.08. The summed E-state index contributed by atoms with van der Waals surface area (Å²) in [6.07, 6.45) is 0. The van der Waals surface area contributed by atoms with Gasteiger partial charge in [-0.05, 0) is 59.5 Å². The Morgan fingerprint density at radius 1 is 0.941 bits per heavy atom. The molecule has 0 heterocycles. The fraction of sp³-hybridized carbons (Fsp3) is 0.172.